The van der Waals surface area contributed by atoms with Crippen molar-refractivity contribution in [1.82, 2.24) is 10.3 Å². The van der Waals surface area contributed by atoms with E-state index >= 15 is 0 Å². The zero-order valence-electron chi connectivity index (χ0n) is 21.9. The molecule has 2 unspecified atom stereocenters. The first kappa shape index (κ1) is 31.1. The second kappa shape index (κ2) is 15.3. The standard InChI is InChI=1S/C15H32N2O.C11H10F3NO4/c1-3-4-5-6-7-8-9-10-11-17-15(12-16)13-18-14(15)2;12-11(13,14)19-8-4-3-7(10(16)17)15-9(8)18-5-6-1-2-6/h14,17H,3-13,16H2,1-2H3;3-4,6H,1-2,5H2,(H,16,17). The van der Waals surface area contributed by atoms with Crippen LogP contribution in [0.15, 0.2) is 12.1 Å². The van der Waals surface area contributed by atoms with Crippen LogP contribution in [0.1, 0.15) is 88.5 Å². The second-order valence-corrected chi connectivity index (χ2v) is 9.82. The molecule has 37 heavy (non-hydrogen) atoms. The molecule has 0 radical (unpaired) electrons. The predicted octanol–water partition coefficient (Wildman–Crippen LogP) is 5.30. The molecule has 4 N–H and O–H groups in total. The molecule has 0 amide bonds. The van der Waals surface area contributed by atoms with Gasteiger partial charge in [0.1, 0.15) is 0 Å². The highest BCUT2D eigenvalue weighted by Gasteiger charge is 2.43. The zero-order valence-corrected chi connectivity index (χ0v) is 21.9. The lowest BCUT2D eigenvalue weighted by Gasteiger charge is -2.47. The number of rotatable bonds is 16. The quantitative estimate of drug-likeness (QED) is 0.245. The number of carbonyl (C=O) groups is 1. The van der Waals surface area contributed by atoms with E-state index in [1.165, 1.54) is 51.4 Å². The summed E-state index contributed by atoms with van der Waals surface area (Å²) in [6.07, 6.45) is 8.23. The third-order valence-electron chi connectivity index (χ3n) is 6.66. The summed E-state index contributed by atoms with van der Waals surface area (Å²) in [4.78, 5) is 14.2. The van der Waals surface area contributed by atoms with Gasteiger partial charge >= 0.3 is 12.3 Å². The summed E-state index contributed by atoms with van der Waals surface area (Å²) in [5, 5.41) is 12.3. The Morgan fingerprint density at radius 3 is 2.32 bits per heavy atom. The fourth-order valence-electron chi connectivity index (χ4n) is 3.87. The van der Waals surface area contributed by atoms with Crippen LogP contribution in [0, 0.1) is 5.92 Å². The van der Waals surface area contributed by atoms with Crippen molar-refractivity contribution in [2.45, 2.75) is 96.1 Å². The largest absolute Gasteiger partial charge is 0.573 e. The van der Waals surface area contributed by atoms with Crippen molar-refractivity contribution in [3.63, 3.8) is 0 Å². The van der Waals surface area contributed by atoms with Crippen LogP contribution in [-0.2, 0) is 4.74 Å². The first-order valence-electron chi connectivity index (χ1n) is 13.3. The van der Waals surface area contributed by atoms with Crippen LogP contribution >= 0.6 is 0 Å². The number of nitrogens with zero attached hydrogens (tertiary/aromatic N) is 1. The third-order valence-corrected chi connectivity index (χ3v) is 6.66. The Hall–Kier alpha value is -2.11. The summed E-state index contributed by atoms with van der Waals surface area (Å²) in [7, 11) is 0. The van der Waals surface area contributed by atoms with Gasteiger partial charge in [0.2, 0.25) is 0 Å². The Balaban J connectivity index is 0.000000261. The summed E-state index contributed by atoms with van der Waals surface area (Å²) in [5.74, 6) is -2.16. The van der Waals surface area contributed by atoms with Gasteiger partial charge in [-0.2, -0.15) is 0 Å². The van der Waals surface area contributed by atoms with E-state index in [9.17, 15) is 18.0 Å². The molecule has 1 aromatic heterocycles. The van der Waals surface area contributed by atoms with Gasteiger partial charge in [0.05, 0.1) is 24.9 Å². The van der Waals surface area contributed by atoms with E-state index in [0.717, 1.165) is 38.1 Å². The number of hydrogen-bond donors (Lipinski definition) is 3. The van der Waals surface area contributed by atoms with Crippen LogP contribution in [0.2, 0.25) is 0 Å². The summed E-state index contributed by atoms with van der Waals surface area (Å²) in [6.45, 7) is 7.12. The number of aromatic carboxylic acids is 1. The maximum absolute atomic E-state index is 12.2. The molecule has 1 saturated heterocycles. The highest BCUT2D eigenvalue weighted by Crippen LogP contribution is 2.34. The van der Waals surface area contributed by atoms with Gasteiger partial charge in [0, 0.05) is 6.54 Å². The molecular weight excluding hydrogens is 491 g/mol. The molecule has 2 aliphatic rings. The molecule has 1 aliphatic carbocycles. The molecule has 2 heterocycles. The first-order chi connectivity index (χ1) is 17.6. The Morgan fingerprint density at radius 1 is 1.19 bits per heavy atom. The number of carboxylic acids is 1. The number of carboxylic acid groups (broad SMARTS) is 1. The Bertz CT molecular complexity index is 819. The van der Waals surface area contributed by atoms with Crippen molar-refractivity contribution < 1.29 is 37.3 Å². The number of nitrogens with two attached hydrogens (primary N) is 1. The number of pyridine rings is 1. The van der Waals surface area contributed by atoms with Gasteiger partial charge in [-0.1, -0.05) is 51.9 Å². The zero-order chi connectivity index (χ0) is 27.3. The van der Waals surface area contributed by atoms with Crippen molar-refractivity contribution in [1.29, 1.82) is 0 Å². The number of hydrogen-bond acceptors (Lipinski definition) is 7. The van der Waals surface area contributed by atoms with Gasteiger partial charge in [0.25, 0.3) is 5.88 Å². The van der Waals surface area contributed by atoms with Crippen molar-refractivity contribution in [2.75, 3.05) is 26.3 Å². The molecule has 2 fully saturated rings. The van der Waals surface area contributed by atoms with E-state index in [0.29, 0.717) is 6.54 Å². The van der Waals surface area contributed by atoms with E-state index in [-0.39, 0.29) is 24.2 Å². The van der Waals surface area contributed by atoms with E-state index in [1.807, 2.05) is 0 Å². The number of unbranched alkanes of at least 4 members (excludes halogenated alkanes) is 7. The second-order valence-electron chi connectivity index (χ2n) is 9.82. The molecule has 1 aliphatic heterocycles. The number of nitrogens with one attached hydrogen (secondary N) is 1. The van der Waals surface area contributed by atoms with Crippen LogP contribution in [0.5, 0.6) is 11.6 Å². The highest BCUT2D eigenvalue weighted by atomic mass is 19.4. The van der Waals surface area contributed by atoms with Gasteiger partial charge in [-0.3, -0.25) is 0 Å². The van der Waals surface area contributed by atoms with Crippen molar-refractivity contribution in [2.24, 2.45) is 11.7 Å². The van der Waals surface area contributed by atoms with E-state index < -0.39 is 29.7 Å². The minimum Gasteiger partial charge on any atom is -0.477 e. The Kier molecular flexibility index (Phi) is 12.9. The highest BCUT2D eigenvalue weighted by molar-refractivity contribution is 5.85. The third kappa shape index (κ3) is 11.4. The van der Waals surface area contributed by atoms with E-state index in [4.69, 9.17) is 20.3 Å². The maximum Gasteiger partial charge on any atom is 0.573 e. The number of alkyl halides is 3. The van der Waals surface area contributed by atoms with Gasteiger partial charge < -0.3 is 30.4 Å². The molecule has 3 rings (SSSR count). The van der Waals surface area contributed by atoms with Crippen LogP contribution in [0.4, 0.5) is 13.2 Å². The molecule has 11 heteroatoms. The van der Waals surface area contributed by atoms with Crippen molar-refractivity contribution >= 4 is 5.97 Å². The van der Waals surface area contributed by atoms with Gasteiger partial charge in [0.15, 0.2) is 11.4 Å². The molecule has 8 nitrogen and oxygen atoms in total. The van der Waals surface area contributed by atoms with Crippen molar-refractivity contribution in [3.05, 3.63) is 17.8 Å². The molecule has 1 aromatic rings. The van der Waals surface area contributed by atoms with E-state index in [2.05, 4.69) is 28.9 Å². The van der Waals surface area contributed by atoms with Gasteiger partial charge in [-0.15, -0.1) is 13.2 Å². The normalized spacial score (nSPS) is 21.0. The summed E-state index contributed by atoms with van der Waals surface area (Å²) < 4.78 is 50.8. The predicted molar refractivity (Wildman–Crippen MR) is 134 cm³/mol. The topological polar surface area (TPSA) is 116 Å². The van der Waals surface area contributed by atoms with Crippen LogP contribution in [-0.4, -0.2) is 60.4 Å². The summed E-state index contributed by atoms with van der Waals surface area (Å²) >= 11 is 0. The molecule has 0 bridgehead atoms. The average molecular weight is 534 g/mol. The van der Waals surface area contributed by atoms with E-state index in [1.54, 1.807) is 0 Å². The SMILES string of the molecule is CCCCCCCCCCNC1(CN)COC1C.O=C(O)c1ccc(OC(F)(F)F)c(OCC2CC2)n1. The number of aromatic nitrogens is 1. The fourth-order valence-corrected chi connectivity index (χ4v) is 3.87. The summed E-state index contributed by atoms with van der Waals surface area (Å²) in [5.41, 5.74) is 5.49. The monoisotopic (exact) mass is 533 g/mol. The Labute approximate surface area is 217 Å². The smallest absolute Gasteiger partial charge is 0.477 e. The molecule has 0 aromatic carbocycles. The van der Waals surface area contributed by atoms with Crippen LogP contribution < -0.4 is 20.5 Å². The molecule has 212 valence electrons. The fraction of sp³-hybridized carbons (Fsp3) is 0.769. The number of ether oxygens (including phenoxy) is 3. The molecule has 2 atom stereocenters. The molecular formula is C26H42F3N3O5. The maximum atomic E-state index is 12.2. The Morgan fingerprint density at radius 2 is 1.84 bits per heavy atom. The van der Waals surface area contributed by atoms with Crippen molar-refractivity contribution in [3.8, 4) is 11.6 Å². The first-order valence-corrected chi connectivity index (χ1v) is 13.3. The minimum atomic E-state index is -4.88. The number of halogens is 3. The summed E-state index contributed by atoms with van der Waals surface area (Å²) in [6, 6.07) is 1.81. The molecule has 0 spiro atoms. The molecule has 1 saturated carbocycles. The lowest BCUT2D eigenvalue weighted by Crippen LogP contribution is -2.69. The van der Waals surface area contributed by atoms with Crippen LogP contribution in [0.25, 0.3) is 0 Å². The lowest BCUT2D eigenvalue weighted by molar-refractivity contribution is -0.275. The lowest BCUT2D eigenvalue weighted by atomic mass is 9.89. The van der Waals surface area contributed by atoms with Gasteiger partial charge in [-0.05, 0) is 50.8 Å². The minimum absolute atomic E-state index is 0.0706. The van der Waals surface area contributed by atoms with Gasteiger partial charge in [-0.25, -0.2) is 9.78 Å². The van der Waals surface area contributed by atoms with Crippen LogP contribution in [0.3, 0.4) is 0 Å². The average Bonchev–Trinajstić information content (AvgIpc) is 3.68.